The van der Waals surface area contributed by atoms with E-state index in [1.807, 2.05) is 55.5 Å². The zero-order valence-corrected chi connectivity index (χ0v) is 19.1. The Balaban J connectivity index is 1.85. The molecular weight excluding hydrogens is 458 g/mol. The van der Waals surface area contributed by atoms with Crippen LogP contribution in [0.4, 0.5) is 0 Å². The number of nitrogens with zero attached hydrogens (tertiary/aromatic N) is 1. The van der Waals surface area contributed by atoms with Gasteiger partial charge in [0.2, 0.25) is 0 Å². The number of benzene rings is 2. The molecule has 0 aliphatic rings. The maximum Gasteiger partial charge on any atom is 0.337 e. The first-order valence-electron chi connectivity index (χ1n) is 10.00. The molecule has 0 saturated heterocycles. The quantitative estimate of drug-likeness (QED) is 0.414. The number of ether oxygens (including phenoxy) is 2. The predicted molar refractivity (Wildman–Crippen MR) is 126 cm³/mol. The van der Waals surface area contributed by atoms with Crippen LogP contribution in [0, 0.1) is 0 Å². The third-order valence-corrected chi connectivity index (χ3v) is 5.48. The number of methoxy groups -OCH3 is 1. The highest BCUT2D eigenvalue weighted by molar-refractivity contribution is 9.10. The molecule has 0 aliphatic heterocycles. The lowest BCUT2D eigenvalue weighted by molar-refractivity contribution is 0.0600. The number of hydrogen-bond donors (Lipinski definition) is 0. The lowest BCUT2D eigenvalue weighted by Gasteiger charge is -2.13. The Morgan fingerprint density at radius 2 is 1.77 bits per heavy atom. The van der Waals surface area contributed by atoms with Crippen LogP contribution in [0.5, 0.6) is 5.75 Å². The maximum atomic E-state index is 12.6. The van der Waals surface area contributed by atoms with Gasteiger partial charge in [0, 0.05) is 22.6 Å². The van der Waals surface area contributed by atoms with E-state index in [-0.39, 0.29) is 11.5 Å². The summed E-state index contributed by atoms with van der Waals surface area (Å²) in [5.41, 5.74) is 3.17. The van der Waals surface area contributed by atoms with Gasteiger partial charge in [-0.1, -0.05) is 30.3 Å². The molecule has 1 heterocycles. The van der Waals surface area contributed by atoms with E-state index in [9.17, 15) is 9.59 Å². The summed E-state index contributed by atoms with van der Waals surface area (Å²) in [7, 11) is 1.36. The second kappa shape index (κ2) is 10.8. The van der Waals surface area contributed by atoms with Gasteiger partial charge in [-0.05, 0) is 71.3 Å². The molecule has 1 aromatic heterocycles. The smallest absolute Gasteiger partial charge is 0.337 e. The fourth-order valence-electron chi connectivity index (χ4n) is 3.21. The minimum atomic E-state index is -0.366. The van der Waals surface area contributed by atoms with E-state index in [0.717, 1.165) is 27.0 Å². The number of pyridine rings is 1. The average molecular weight is 482 g/mol. The highest BCUT2D eigenvalue weighted by Gasteiger charge is 2.09. The second-order valence-electron chi connectivity index (χ2n) is 6.80. The van der Waals surface area contributed by atoms with E-state index in [1.165, 1.54) is 7.11 Å². The summed E-state index contributed by atoms with van der Waals surface area (Å²) in [6.07, 6.45) is 4.52. The van der Waals surface area contributed by atoms with Crippen molar-refractivity contribution < 1.29 is 14.3 Å². The average Bonchev–Trinajstić information content (AvgIpc) is 2.79. The Hall–Kier alpha value is -3.12. The number of aryl methyl sites for hydroxylation is 1. The zero-order chi connectivity index (χ0) is 22.2. The number of para-hydroxylation sites is 1. The van der Waals surface area contributed by atoms with E-state index in [1.54, 1.807) is 28.8 Å². The van der Waals surface area contributed by atoms with E-state index >= 15 is 0 Å². The molecular formula is C25H24BrNO4. The van der Waals surface area contributed by atoms with Crippen molar-refractivity contribution in [2.24, 2.45) is 0 Å². The lowest BCUT2D eigenvalue weighted by Crippen LogP contribution is -2.22. The number of halogens is 1. The van der Waals surface area contributed by atoms with Crippen LogP contribution in [0.3, 0.4) is 0 Å². The van der Waals surface area contributed by atoms with Gasteiger partial charge in [-0.3, -0.25) is 4.79 Å². The summed E-state index contributed by atoms with van der Waals surface area (Å²) < 4.78 is 13.0. The van der Waals surface area contributed by atoms with Crippen LogP contribution in [-0.4, -0.2) is 24.3 Å². The predicted octanol–water partition coefficient (Wildman–Crippen LogP) is 5.21. The molecule has 0 atom stereocenters. The van der Waals surface area contributed by atoms with Gasteiger partial charge in [0.1, 0.15) is 5.75 Å². The normalized spacial score (nSPS) is 10.9. The third kappa shape index (κ3) is 5.73. The van der Waals surface area contributed by atoms with Crippen LogP contribution < -0.4 is 10.3 Å². The molecule has 0 amide bonds. The largest absolute Gasteiger partial charge is 0.493 e. The van der Waals surface area contributed by atoms with Gasteiger partial charge in [-0.25, -0.2) is 4.79 Å². The summed E-state index contributed by atoms with van der Waals surface area (Å²) >= 11 is 3.57. The number of carbonyl (C=O) groups is 1. The van der Waals surface area contributed by atoms with Crippen LogP contribution in [0.25, 0.3) is 12.2 Å². The van der Waals surface area contributed by atoms with Crippen molar-refractivity contribution in [3.8, 4) is 5.75 Å². The van der Waals surface area contributed by atoms with E-state index in [0.29, 0.717) is 25.1 Å². The summed E-state index contributed by atoms with van der Waals surface area (Å²) in [4.78, 5) is 24.2. The third-order valence-electron chi connectivity index (χ3n) is 4.81. The van der Waals surface area contributed by atoms with Gasteiger partial charge in [0.25, 0.3) is 5.56 Å². The van der Waals surface area contributed by atoms with E-state index in [2.05, 4.69) is 15.9 Å². The maximum absolute atomic E-state index is 12.6. The summed E-state index contributed by atoms with van der Waals surface area (Å²) in [5.74, 6) is 0.433. The molecule has 3 rings (SSSR count). The van der Waals surface area contributed by atoms with Gasteiger partial charge in [-0.2, -0.15) is 0 Å². The van der Waals surface area contributed by atoms with Crippen molar-refractivity contribution in [2.45, 2.75) is 19.9 Å². The molecule has 6 heteroatoms. The number of carbonyl (C=O) groups excluding carboxylic acids is 1. The Morgan fingerprint density at radius 3 is 2.48 bits per heavy atom. The monoisotopic (exact) mass is 481 g/mol. The van der Waals surface area contributed by atoms with Crippen LogP contribution in [0.2, 0.25) is 0 Å². The summed E-state index contributed by atoms with van der Waals surface area (Å²) in [6.45, 7) is 3.03. The zero-order valence-electron chi connectivity index (χ0n) is 17.5. The van der Waals surface area contributed by atoms with Crippen molar-refractivity contribution >= 4 is 34.1 Å². The molecule has 0 radical (unpaired) electrons. The molecule has 0 bridgehead atoms. The number of esters is 1. The molecule has 0 aliphatic carbocycles. The Kier molecular flexibility index (Phi) is 7.84. The topological polar surface area (TPSA) is 57.5 Å². The van der Waals surface area contributed by atoms with Gasteiger partial charge >= 0.3 is 5.97 Å². The van der Waals surface area contributed by atoms with Gasteiger partial charge in [0.15, 0.2) is 0 Å². The first-order valence-corrected chi connectivity index (χ1v) is 10.8. The Labute approximate surface area is 190 Å². The molecule has 2 aromatic carbocycles. The molecule has 0 N–H and O–H groups in total. The Morgan fingerprint density at radius 1 is 1.03 bits per heavy atom. The number of aromatic nitrogens is 1. The molecule has 0 saturated carbocycles. The molecule has 31 heavy (non-hydrogen) atoms. The van der Waals surface area contributed by atoms with Crippen molar-refractivity contribution in [2.75, 3.05) is 13.7 Å². The highest BCUT2D eigenvalue weighted by atomic mass is 79.9. The van der Waals surface area contributed by atoms with E-state index in [4.69, 9.17) is 9.47 Å². The van der Waals surface area contributed by atoms with Crippen molar-refractivity contribution in [1.82, 2.24) is 4.57 Å². The van der Waals surface area contributed by atoms with E-state index < -0.39 is 0 Å². The second-order valence-corrected chi connectivity index (χ2v) is 7.65. The highest BCUT2D eigenvalue weighted by Crippen LogP contribution is 2.23. The fourth-order valence-corrected chi connectivity index (χ4v) is 3.69. The standard InChI is InChI=1S/C25H24BrNO4/c1-3-31-23-7-5-4-6-19(23)12-14-22-21(26)13-15-24(28)27(22)17-16-18-8-10-20(11-9-18)25(29)30-2/h4-15H,3,16-17H2,1-2H3/b14-12+. The lowest BCUT2D eigenvalue weighted by atomic mass is 10.1. The fraction of sp³-hybridized carbons (Fsp3) is 0.200. The molecule has 0 fully saturated rings. The van der Waals surface area contributed by atoms with Gasteiger partial charge < -0.3 is 14.0 Å². The van der Waals surface area contributed by atoms with Crippen molar-refractivity contribution in [3.63, 3.8) is 0 Å². The minimum absolute atomic E-state index is 0.0767. The van der Waals surface area contributed by atoms with Crippen molar-refractivity contribution in [3.05, 3.63) is 97.9 Å². The van der Waals surface area contributed by atoms with Gasteiger partial charge in [-0.15, -0.1) is 0 Å². The van der Waals surface area contributed by atoms with Crippen LogP contribution in [0.1, 0.15) is 34.1 Å². The molecule has 3 aromatic rings. The summed E-state index contributed by atoms with van der Waals surface area (Å²) in [6, 6.07) is 18.3. The van der Waals surface area contributed by atoms with Crippen molar-refractivity contribution in [1.29, 1.82) is 0 Å². The Bertz CT molecular complexity index is 1130. The van der Waals surface area contributed by atoms with Crippen LogP contribution in [-0.2, 0) is 17.7 Å². The number of rotatable bonds is 8. The van der Waals surface area contributed by atoms with Crippen LogP contribution >= 0.6 is 15.9 Å². The van der Waals surface area contributed by atoms with Crippen LogP contribution in [0.15, 0.2) is 69.9 Å². The summed E-state index contributed by atoms with van der Waals surface area (Å²) in [5, 5.41) is 0. The molecule has 160 valence electrons. The molecule has 0 unspecified atom stereocenters. The SMILES string of the molecule is CCOc1ccccc1/C=C/c1c(Br)ccc(=O)n1CCc1ccc(C(=O)OC)cc1. The molecule has 5 nitrogen and oxygen atoms in total. The van der Waals surface area contributed by atoms with Gasteiger partial charge in [0.05, 0.1) is 25.0 Å². The first-order chi connectivity index (χ1) is 15.0. The number of hydrogen-bond acceptors (Lipinski definition) is 4. The minimum Gasteiger partial charge on any atom is -0.493 e. The first kappa shape index (κ1) is 22.6. The molecule has 0 spiro atoms.